The van der Waals surface area contributed by atoms with E-state index >= 15 is 0 Å². The fourth-order valence-corrected chi connectivity index (χ4v) is 4.30. The van der Waals surface area contributed by atoms with E-state index in [1.54, 1.807) is 38.3 Å². The molecule has 34 heavy (non-hydrogen) atoms. The minimum absolute atomic E-state index is 0.0312. The number of halogens is 1. The van der Waals surface area contributed by atoms with Gasteiger partial charge in [-0.05, 0) is 48.7 Å². The van der Waals surface area contributed by atoms with E-state index in [1.165, 1.54) is 23.1 Å². The molecule has 0 saturated carbocycles. The monoisotopic (exact) mass is 493 g/mol. The molecular weight excluding hydrogens is 461 g/mol. The first-order valence-electron chi connectivity index (χ1n) is 11.0. The van der Waals surface area contributed by atoms with Crippen LogP contribution in [0, 0.1) is 5.82 Å². The van der Waals surface area contributed by atoms with Gasteiger partial charge in [-0.25, -0.2) is 12.8 Å². The van der Waals surface area contributed by atoms with Crippen molar-refractivity contribution in [2.45, 2.75) is 39.3 Å². The molecule has 0 aliphatic carbocycles. The zero-order valence-electron chi connectivity index (χ0n) is 20.0. The number of anilines is 1. The lowest BCUT2D eigenvalue weighted by Gasteiger charge is -2.33. The van der Waals surface area contributed by atoms with Crippen LogP contribution >= 0.6 is 0 Å². The second-order valence-corrected chi connectivity index (χ2v) is 9.74. The lowest BCUT2D eigenvalue weighted by Crippen LogP contribution is -2.52. The van der Waals surface area contributed by atoms with Crippen LogP contribution in [-0.2, 0) is 26.2 Å². The standard InChI is InChI=1S/C24H32FN3O5S/c1-5-14-26-24(30)22(6-2)27(16-18-10-12-21(33-3)13-11-18)23(29)17-28(34(4,31)32)20-9-7-8-19(25)15-20/h7-13,15,22H,5-6,14,16-17H2,1-4H3,(H,26,30). The lowest BCUT2D eigenvalue weighted by atomic mass is 10.1. The van der Waals surface area contributed by atoms with E-state index in [2.05, 4.69) is 5.32 Å². The van der Waals surface area contributed by atoms with Crippen molar-refractivity contribution >= 4 is 27.5 Å². The van der Waals surface area contributed by atoms with Crippen LogP contribution in [0.25, 0.3) is 0 Å². The van der Waals surface area contributed by atoms with Crippen molar-refractivity contribution in [1.82, 2.24) is 10.2 Å². The maximum atomic E-state index is 13.8. The Morgan fingerprint density at radius 1 is 1.12 bits per heavy atom. The summed E-state index contributed by atoms with van der Waals surface area (Å²) in [6.07, 6.45) is 2.01. The Morgan fingerprint density at radius 3 is 2.32 bits per heavy atom. The maximum Gasteiger partial charge on any atom is 0.244 e. The highest BCUT2D eigenvalue weighted by atomic mass is 32.2. The van der Waals surface area contributed by atoms with E-state index in [1.807, 2.05) is 6.92 Å². The van der Waals surface area contributed by atoms with E-state index in [0.29, 0.717) is 18.7 Å². The molecule has 0 radical (unpaired) electrons. The Bertz CT molecular complexity index is 1080. The minimum atomic E-state index is -3.91. The van der Waals surface area contributed by atoms with E-state index < -0.39 is 34.3 Å². The van der Waals surface area contributed by atoms with E-state index in [9.17, 15) is 22.4 Å². The molecule has 0 aromatic heterocycles. The van der Waals surface area contributed by atoms with Gasteiger partial charge in [0.2, 0.25) is 21.8 Å². The third kappa shape index (κ3) is 7.44. The molecule has 0 aliphatic rings. The van der Waals surface area contributed by atoms with Gasteiger partial charge in [0, 0.05) is 13.1 Å². The van der Waals surface area contributed by atoms with Gasteiger partial charge in [-0.1, -0.05) is 32.0 Å². The molecule has 0 heterocycles. The molecule has 10 heteroatoms. The molecule has 1 atom stereocenters. The summed E-state index contributed by atoms with van der Waals surface area (Å²) in [6.45, 7) is 3.67. The average molecular weight is 494 g/mol. The lowest BCUT2D eigenvalue weighted by molar-refractivity contribution is -0.140. The van der Waals surface area contributed by atoms with Gasteiger partial charge in [0.25, 0.3) is 0 Å². The van der Waals surface area contributed by atoms with Crippen LogP contribution in [0.5, 0.6) is 5.75 Å². The van der Waals surface area contributed by atoms with Crippen LogP contribution in [0.3, 0.4) is 0 Å². The van der Waals surface area contributed by atoms with Crippen LogP contribution < -0.4 is 14.4 Å². The fourth-order valence-electron chi connectivity index (χ4n) is 3.46. The Hall–Kier alpha value is -3.14. The van der Waals surface area contributed by atoms with Gasteiger partial charge in [-0.3, -0.25) is 13.9 Å². The van der Waals surface area contributed by atoms with Gasteiger partial charge in [0.05, 0.1) is 19.1 Å². The van der Waals surface area contributed by atoms with E-state index in [4.69, 9.17) is 4.74 Å². The number of carbonyl (C=O) groups is 2. The molecule has 1 N–H and O–H groups in total. The summed E-state index contributed by atoms with van der Waals surface area (Å²) in [6, 6.07) is 11.2. The SMILES string of the molecule is CCCNC(=O)C(CC)N(Cc1ccc(OC)cc1)C(=O)CN(c1cccc(F)c1)S(C)(=O)=O. The second kappa shape index (κ2) is 12.4. The summed E-state index contributed by atoms with van der Waals surface area (Å²) in [5.41, 5.74) is 0.774. The largest absolute Gasteiger partial charge is 0.497 e. The number of sulfonamides is 1. The van der Waals surface area contributed by atoms with Crippen molar-refractivity contribution in [3.63, 3.8) is 0 Å². The molecule has 8 nitrogen and oxygen atoms in total. The number of methoxy groups -OCH3 is 1. The molecular formula is C24H32FN3O5S. The van der Waals surface area contributed by atoms with Crippen molar-refractivity contribution in [3.8, 4) is 5.75 Å². The normalized spacial score (nSPS) is 12.0. The number of hydrogen-bond donors (Lipinski definition) is 1. The number of amides is 2. The molecule has 1 unspecified atom stereocenters. The molecule has 0 fully saturated rings. The Labute approximate surface area is 200 Å². The molecule has 2 aromatic rings. The highest BCUT2D eigenvalue weighted by Crippen LogP contribution is 2.21. The molecule has 0 aliphatic heterocycles. The average Bonchev–Trinajstić information content (AvgIpc) is 2.80. The van der Waals surface area contributed by atoms with Crippen LogP contribution in [-0.4, -0.2) is 57.6 Å². The molecule has 186 valence electrons. The number of carbonyl (C=O) groups excluding carboxylic acids is 2. The van der Waals surface area contributed by atoms with Gasteiger partial charge in [0.1, 0.15) is 24.2 Å². The van der Waals surface area contributed by atoms with Gasteiger partial charge in [0.15, 0.2) is 0 Å². The zero-order valence-corrected chi connectivity index (χ0v) is 20.8. The van der Waals surface area contributed by atoms with Gasteiger partial charge in [-0.15, -0.1) is 0 Å². The summed E-state index contributed by atoms with van der Waals surface area (Å²) >= 11 is 0. The number of ether oxygens (including phenoxy) is 1. The van der Waals surface area contributed by atoms with Gasteiger partial charge < -0.3 is 15.0 Å². The topological polar surface area (TPSA) is 96.0 Å². The smallest absolute Gasteiger partial charge is 0.244 e. The van der Waals surface area contributed by atoms with Crippen LogP contribution in [0.15, 0.2) is 48.5 Å². The Morgan fingerprint density at radius 2 is 1.79 bits per heavy atom. The number of rotatable bonds is 12. The Balaban J connectivity index is 2.41. The quantitative estimate of drug-likeness (QED) is 0.491. The van der Waals surface area contributed by atoms with Crippen LogP contribution in [0.4, 0.5) is 10.1 Å². The van der Waals surface area contributed by atoms with Crippen LogP contribution in [0.2, 0.25) is 0 Å². The van der Waals surface area contributed by atoms with Crippen molar-refractivity contribution in [2.24, 2.45) is 0 Å². The van der Waals surface area contributed by atoms with Crippen LogP contribution in [0.1, 0.15) is 32.3 Å². The number of nitrogens with one attached hydrogen (secondary N) is 1. The highest BCUT2D eigenvalue weighted by Gasteiger charge is 2.31. The highest BCUT2D eigenvalue weighted by molar-refractivity contribution is 7.92. The van der Waals surface area contributed by atoms with Crippen molar-refractivity contribution in [2.75, 3.05) is 30.8 Å². The number of nitrogens with zero attached hydrogens (tertiary/aromatic N) is 2. The maximum absolute atomic E-state index is 13.8. The van der Waals surface area contributed by atoms with Crippen molar-refractivity contribution in [3.05, 3.63) is 59.9 Å². The predicted octanol–water partition coefficient (Wildman–Crippen LogP) is 2.93. The Kier molecular flexibility index (Phi) is 9.85. The molecule has 0 saturated heterocycles. The number of benzene rings is 2. The summed E-state index contributed by atoms with van der Waals surface area (Å²) < 4.78 is 44.8. The first-order valence-corrected chi connectivity index (χ1v) is 12.9. The number of hydrogen-bond acceptors (Lipinski definition) is 5. The predicted molar refractivity (Wildman–Crippen MR) is 130 cm³/mol. The molecule has 0 spiro atoms. The molecule has 2 amide bonds. The van der Waals surface area contributed by atoms with Gasteiger partial charge in [-0.2, -0.15) is 0 Å². The third-order valence-corrected chi connectivity index (χ3v) is 6.36. The molecule has 2 aromatic carbocycles. The van der Waals surface area contributed by atoms with Crippen molar-refractivity contribution < 1.29 is 27.1 Å². The summed E-state index contributed by atoms with van der Waals surface area (Å²) in [4.78, 5) is 27.7. The van der Waals surface area contributed by atoms with Crippen molar-refractivity contribution in [1.29, 1.82) is 0 Å². The fraction of sp³-hybridized carbons (Fsp3) is 0.417. The third-order valence-electron chi connectivity index (χ3n) is 5.22. The zero-order chi connectivity index (χ0) is 25.3. The first kappa shape index (κ1) is 27.1. The summed E-state index contributed by atoms with van der Waals surface area (Å²) in [5.74, 6) is -0.880. The summed E-state index contributed by atoms with van der Waals surface area (Å²) in [7, 11) is -2.37. The summed E-state index contributed by atoms with van der Waals surface area (Å²) in [5, 5.41) is 2.81. The second-order valence-electron chi connectivity index (χ2n) is 7.83. The van der Waals surface area contributed by atoms with E-state index in [0.717, 1.165) is 28.6 Å². The first-order chi connectivity index (χ1) is 16.1. The van der Waals surface area contributed by atoms with Gasteiger partial charge >= 0.3 is 0 Å². The molecule has 0 bridgehead atoms. The molecule has 2 rings (SSSR count). The van der Waals surface area contributed by atoms with E-state index in [-0.39, 0.29) is 18.1 Å². The minimum Gasteiger partial charge on any atom is -0.497 e.